The second-order valence-electron chi connectivity index (χ2n) is 5.38. The van der Waals surface area contributed by atoms with Gasteiger partial charge in [0.2, 0.25) is 0 Å². The highest BCUT2D eigenvalue weighted by Gasteiger charge is 2.37. The predicted molar refractivity (Wildman–Crippen MR) is 61.5 cm³/mol. The van der Waals surface area contributed by atoms with Gasteiger partial charge in [-0.1, -0.05) is 0 Å². The molecular formula is C12H20O6. The van der Waals surface area contributed by atoms with E-state index in [2.05, 4.69) is 0 Å². The van der Waals surface area contributed by atoms with E-state index < -0.39 is 29.9 Å². The van der Waals surface area contributed by atoms with Crippen molar-refractivity contribution in [3.63, 3.8) is 0 Å². The number of hydrogen-bond acceptors (Lipinski definition) is 6. The molecule has 1 aliphatic heterocycles. The average Bonchev–Trinajstić information content (AvgIpc) is 2.54. The van der Waals surface area contributed by atoms with Gasteiger partial charge in [-0.3, -0.25) is 9.59 Å². The van der Waals surface area contributed by atoms with Crippen molar-refractivity contribution in [1.29, 1.82) is 0 Å². The molecule has 0 spiro atoms. The van der Waals surface area contributed by atoms with Crippen molar-refractivity contribution in [2.45, 2.75) is 52.6 Å². The van der Waals surface area contributed by atoms with E-state index in [0.717, 1.165) is 0 Å². The second kappa shape index (κ2) is 5.67. The van der Waals surface area contributed by atoms with E-state index in [4.69, 9.17) is 14.2 Å². The Labute approximate surface area is 106 Å². The van der Waals surface area contributed by atoms with E-state index in [9.17, 15) is 14.7 Å². The van der Waals surface area contributed by atoms with Crippen LogP contribution in [0.1, 0.15) is 34.1 Å². The highest BCUT2D eigenvalue weighted by Crippen LogP contribution is 2.23. The van der Waals surface area contributed by atoms with Crippen LogP contribution in [-0.2, 0) is 23.8 Å². The molecule has 6 heteroatoms. The summed E-state index contributed by atoms with van der Waals surface area (Å²) in [5.41, 5.74) is -0.577. The van der Waals surface area contributed by atoms with Crippen molar-refractivity contribution >= 4 is 11.9 Å². The average molecular weight is 260 g/mol. The molecule has 104 valence electrons. The molecule has 0 radical (unpaired) electrons. The van der Waals surface area contributed by atoms with Crippen LogP contribution in [0, 0.1) is 5.41 Å². The first-order valence-electron chi connectivity index (χ1n) is 5.88. The highest BCUT2D eigenvalue weighted by molar-refractivity contribution is 5.75. The van der Waals surface area contributed by atoms with Crippen LogP contribution in [0.2, 0.25) is 0 Å². The van der Waals surface area contributed by atoms with Gasteiger partial charge in [0.1, 0.15) is 6.61 Å². The maximum Gasteiger partial charge on any atom is 0.311 e. The Hall–Kier alpha value is -1.14. The number of aliphatic hydroxyl groups is 1. The van der Waals surface area contributed by atoms with Crippen molar-refractivity contribution in [1.82, 2.24) is 0 Å². The largest absolute Gasteiger partial charge is 0.463 e. The standard InChI is InChI=1S/C12H20O6/c1-7(13)17-9-5-8(18-10(9)14)6-16-11(15)12(2,3)4/h8-10,14H,5-6H2,1-4H3/t8-,9+,10+/m0/s1. The maximum atomic E-state index is 11.5. The summed E-state index contributed by atoms with van der Waals surface area (Å²) >= 11 is 0. The number of hydrogen-bond donors (Lipinski definition) is 1. The first-order valence-corrected chi connectivity index (χ1v) is 5.88. The van der Waals surface area contributed by atoms with Crippen LogP contribution < -0.4 is 0 Å². The number of ether oxygens (including phenoxy) is 3. The maximum absolute atomic E-state index is 11.5. The van der Waals surface area contributed by atoms with Gasteiger partial charge in [0.25, 0.3) is 0 Å². The zero-order valence-corrected chi connectivity index (χ0v) is 11.1. The summed E-state index contributed by atoms with van der Waals surface area (Å²) in [6.07, 6.45) is -1.98. The number of carbonyl (C=O) groups is 2. The topological polar surface area (TPSA) is 82.1 Å². The minimum atomic E-state index is -1.16. The summed E-state index contributed by atoms with van der Waals surface area (Å²) in [5.74, 6) is -0.813. The molecule has 0 aromatic rings. The quantitative estimate of drug-likeness (QED) is 0.749. The molecule has 3 atom stereocenters. The number of carbonyl (C=O) groups excluding carboxylic acids is 2. The van der Waals surface area contributed by atoms with E-state index in [1.165, 1.54) is 6.92 Å². The Kier molecular flexibility index (Phi) is 4.70. The molecule has 0 bridgehead atoms. The van der Waals surface area contributed by atoms with Crippen LogP contribution >= 0.6 is 0 Å². The lowest BCUT2D eigenvalue weighted by atomic mass is 9.97. The summed E-state index contributed by atoms with van der Waals surface area (Å²) in [5, 5.41) is 9.49. The molecule has 1 N–H and O–H groups in total. The molecule has 0 saturated carbocycles. The Morgan fingerprint density at radius 2 is 2.00 bits per heavy atom. The molecule has 0 aromatic carbocycles. The van der Waals surface area contributed by atoms with E-state index in [-0.39, 0.29) is 12.6 Å². The fourth-order valence-corrected chi connectivity index (χ4v) is 1.53. The monoisotopic (exact) mass is 260 g/mol. The number of aliphatic hydroxyl groups excluding tert-OH is 1. The van der Waals surface area contributed by atoms with Crippen molar-refractivity contribution in [3.05, 3.63) is 0 Å². The summed E-state index contributed by atoms with van der Waals surface area (Å²) in [6.45, 7) is 6.56. The predicted octanol–water partition coefficient (Wildman–Crippen LogP) is 0.615. The van der Waals surface area contributed by atoms with Crippen LogP contribution in [0.4, 0.5) is 0 Å². The van der Waals surface area contributed by atoms with Gasteiger partial charge in [0, 0.05) is 13.3 Å². The van der Waals surface area contributed by atoms with Gasteiger partial charge in [0.15, 0.2) is 12.4 Å². The van der Waals surface area contributed by atoms with E-state index >= 15 is 0 Å². The van der Waals surface area contributed by atoms with Crippen molar-refractivity contribution < 1.29 is 28.9 Å². The molecule has 6 nitrogen and oxygen atoms in total. The molecule has 18 heavy (non-hydrogen) atoms. The van der Waals surface area contributed by atoms with Crippen LogP contribution in [-0.4, -0.2) is 42.1 Å². The first-order chi connectivity index (χ1) is 8.20. The molecule has 1 rings (SSSR count). The van der Waals surface area contributed by atoms with E-state index in [1.807, 2.05) is 0 Å². The molecule has 1 aliphatic rings. The van der Waals surface area contributed by atoms with Gasteiger partial charge >= 0.3 is 11.9 Å². The van der Waals surface area contributed by atoms with Crippen molar-refractivity contribution in [3.8, 4) is 0 Å². The minimum Gasteiger partial charge on any atom is -0.463 e. The molecule has 1 heterocycles. The van der Waals surface area contributed by atoms with Crippen molar-refractivity contribution in [2.75, 3.05) is 6.61 Å². The van der Waals surface area contributed by atoms with Crippen LogP contribution in [0.25, 0.3) is 0 Å². The molecule has 1 saturated heterocycles. The Morgan fingerprint density at radius 1 is 1.39 bits per heavy atom. The van der Waals surface area contributed by atoms with E-state index in [1.54, 1.807) is 20.8 Å². The van der Waals surface area contributed by atoms with Crippen LogP contribution in [0.15, 0.2) is 0 Å². The minimum absolute atomic E-state index is 0.0466. The summed E-state index contributed by atoms with van der Waals surface area (Å²) < 4.78 is 15.1. The molecule has 0 unspecified atom stereocenters. The lowest BCUT2D eigenvalue weighted by molar-refractivity contribution is -0.173. The Morgan fingerprint density at radius 3 is 2.50 bits per heavy atom. The fraction of sp³-hybridized carbons (Fsp3) is 0.833. The van der Waals surface area contributed by atoms with Gasteiger partial charge in [-0.2, -0.15) is 0 Å². The smallest absolute Gasteiger partial charge is 0.311 e. The molecule has 0 amide bonds. The van der Waals surface area contributed by atoms with Gasteiger partial charge in [-0.15, -0.1) is 0 Å². The van der Waals surface area contributed by atoms with Gasteiger partial charge in [-0.05, 0) is 20.8 Å². The number of esters is 2. The van der Waals surface area contributed by atoms with Crippen LogP contribution in [0.3, 0.4) is 0 Å². The van der Waals surface area contributed by atoms with Gasteiger partial charge in [0.05, 0.1) is 11.5 Å². The van der Waals surface area contributed by atoms with E-state index in [0.29, 0.717) is 6.42 Å². The third kappa shape index (κ3) is 4.27. The SMILES string of the molecule is CC(=O)O[C@@H]1C[C@@H](COC(=O)C(C)(C)C)O[C@H]1O. The van der Waals surface area contributed by atoms with Gasteiger partial charge < -0.3 is 19.3 Å². The van der Waals surface area contributed by atoms with Crippen LogP contribution in [0.5, 0.6) is 0 Å². The molecule has 0 aromatic heterocycles. The van der Waals surface area contributed by atoms with Gasteiger partial charge in [-0.25, -0.2) is 0 Å². The summed E-state index contributed by atoms with van der Waals surface area (Å²) in [4.78, 5) is 22.3. The summed E-state index contributed by atoms with van der Waals surface area (Å²) in [6, 6.07) is 0. The molecule has 0 aliphatic carbocycles. The Bertz CT molecular complexity index is 319. The van der Waals surface area contributed by atoms with Crippen molar-refractivity contribution in [2.24, 2.45) is 5.41 Å². The normalized spacial score (nSPS) is 27.9. The molecular weight excluding hydrogens is 240 g/mol. The Balaban J connectivity index is 2.38. The third-order valence-electron chi connectivity index (χ3n) is 2.48. The molecule has 1 fully saturated rings. The zero-order chi connectivity index (χ0) is 13.9. The second-order valence-corrected chi connectivity index (χ2v) is 5.38. The lowest BCUT2D eigenvalue weighted by Gasteiger charge is -2.18. The third-order valence-corrected chi connectivity index (χ3v) is 2.48. The summed E-state index contributed by atoms with van der Waals surface area (Å²) in [7, 11) is 0. The fourth-order valence-electron chi connectivity index (χ4n) is 1.53. The highest BCUT2D eigenvalue weighted by atomic mass is 16.7. The zero-order valence-electron chi connectivity index (χ0n) is 11.1. The lowest BCUT2D eigenvalue weighted by Crippen LogP contribution is -2.27. The number of rotatable bonds is 3. The first kappa shape index (κ1) is 14.9.